The van der Waals surface area contributed by atoms with E-state index in [4.69, 9.17) is 4.42 Å². The highest BCUT2D eigenvalue weighted by molar-refractivity contribution is 6.09. The molecule has 0 aliphatic carbocycles. The van der Waals surface area contributed by atoms with Gasteiger partial charge in [0.2, 0.25) is 0 Å². The summed E-state index contributed by atoms with van der Waals surface area (Å²) in [6.45, 7) is 5.83. The van der Waals surface area contributed by atoms with Crippen molar-refractivity contribution in [1.82, 2.24) is 0 Å². The fourth-order valence-corrected chi connectivity index (χ4v) is 2.12. The number of furan rings is 1. The Hall–Kier alpha value is -1.83. The molecule has 0 amide bonds. The molecule has 0 atom stereocenters. The van der Waals surface area contributed by atoms with E-state index in [1.807, 2.05) is 38.1 Å². The number of rotatable bonds is 4. The number of carbonyl (C=O) groups is 1. The summed E-state index contributed by atoms with van der Waals surface area (Å²) >= 11 is 0. The molecule has 0 bridgehead atoms. The van der Waals surface area contributed by atoms with Crippen LogP contribution < -0.4 is 0 Å². The van der Waals surface area contributed by atoms with Gasteiger partial charge in [-0.15, -0.1) is 0 Å². The highest BCUT2D eigenvalue weighted by Gasteiger charge is 2.15. The molecular formula is C16H18O2. The Morgan fingerprint density at radius 1 is 1.17 bits per heavy atom. The molecule has 0 aliphatic heterocycles. The SMILES string of the molecule is CCCc1ccc(C(=O)c2cc(C)oc2C)cc1. The minimum absolute atomic E-state index is 0.0346. The molecule has 2 aromatic rings. The zero-order valence-electron chi connectivity index (χ0n) is 11.1. The average Bonchev–Trinajstić information content (AvgIpc) is 2.69. The summed E-state index contributed by atoms with van der Waals surface area (Å²) in [5, 5.41) is 0. The maximum Gasteiger partial charge on any atom is 0.196 e. The summed E-state index contributed by atoms with van der Waals surface area (Å²) in [5.41, 5.74) is 2.66. The van der Waals surface area contributed by atoms with E-state index >= 15 is 0 Å². The lowest BCUT2D eigenvalue weighted by Gasteiger charge is -2.02. The van der Waals surface area contributed by atoms with Gasteiger partial charge in [0.1, 0.15) is 11.5 Å². The Balaban J connectivity index is 2.26. The van der Waals surface area contributed by atoms with Crippen LogP contribution in [-0.4, -0.2) is 5.78 Å². The van der Waals surface area contributed by atoms with Gasteiger partial charge in [-0.3, -0.25) is 4.79 Å². The van der Waals surface area contributed by atoms with E-state index in [0.29, 0.717) is 11.3 Å². The minimum atomic E-state index is 0.0346. The van der Waals surface area contributed by atoms with Crippen LogP contribution in [0, 0.1) is 13.8 Å². The molecule has 0 saturated carbocycles. The van der Waals surface area contributed by atoms with Crippen LogP contribution in [0.25, 0.3) is 0 Å². The second kappa shape index (κ2) is 5.21. The fourth-order valence-electron chi connectivity index (χ4n) is 2.12. The van der Waals surface area contributed by atoms with Gasteiger partial charge in [-0.05, 0) is 31.9 Å². The molecule has 2 heteroatoms. The molecular weight excluding hydrogens is 224 g/mol. The van der Waals surface area contributed by atoms with Crippen molar-refractivity contribution in [1.29, 1.82) is 0 Å². The predicted molar refractivity (Wildman–Crippen MR) is 72.1 cm³/mol. The lowest BCUT2D eigenvalue weighted by atomic mass is 10.0. The van der Waals surface area contributed by atoms with Gasteiger partial charge in [-0.1, -0.05) is 37.6 Å². The molecule has 94 valence electrons. The highest BCUT2D eigenvalue weighted by atomic mass is 16.3. The number of ketones is 1. The minimum Gasteiger partial charge on any atom is -0.466 e. The van der Waals surface area contributed by atoms with E-state index in [1.165, 1.54) is 5.56 Å². The molecule has 0 fully saturated rings. The van der Waals surface area contributed by atoms with E-state index < -0.39 is 0 Å². The summed E-state index contributed by atoms with van der Waals surface area (Å²) < 4.78 is 5.40. The van der Waals surface area contributed by atoms with Crippen molar-refractivity contribution in [3.05, 3.63) is 58.5 Å². The monoisotopic (exact) mass is 242 g/mol. The molecule has 2 rings (SSSR count). The van der Waals surface area contributed by atoms with Crippen molar-refractivity contribution < 1.29 is 9.21 Å². The van der Waals surface area contributed by atoms with Gasteiger partial charge < -0.3 is 4.42 Å². The molecule has 1 aromatic carbocycles. The second-order valence-corrected chi connectivity index (χ2v) is 4.60. The third-order valence-electron chi connectivity index (χ3n) is 3.04. The standard InChI is InChI=1S/C16H18O2/c1-4-5-13-6-8-14(9-7-13)16(17)15-10-11(2)18-12(15)3/h6-10H,4-5H2,1-3H3. The second-order valence-electron chi connectivity index (χ2n) is 4.60. The lowest BCUT2D eigenvalue weighted by Crippen LogP contribution is -2.01. The van der Waals surface area contributed by atoms with Crippen molar-refractivity contribution in [3.63, 3.8) is 0 Å². The van der Waals surface area contributed by atoms with Crippen LogP contribution in [0.3, 0.4) is 0 Å². The molecule has 0 aliphatic rings. The van der Waals surface area contributed by atoms with Gasteiger partial charge in [-0.2, -0.15) is 0 Å². The zero-order valence-corrected chi connectivity index (χ0v) is 11.1. The fraction of sp³-hybridized carbons (Fsp3) is 0.312. The Bertz CT molecular complexity index is 547. The summed E-state index contributed by atoms with van der Waals surface area (Å²) in [6, 6.07) is 9.65. The zero-order chi connectivity index (χ0) is 13.1. The molecule has 18 heavy (non-hydrogen) atoms. The van der Waals surface area contributed by atoms with Crippen LogP contribution in [0.15, 0.2) is 34.7 Å². The van der Waals surface area contributed by atoms with E-state index in [9.17, 15) is 4.79 Å². The van der Waals surface area contributed by atoms with E-state index in [1.54, 1.807) is 6.07 Å². The van der Waals surface area contributed by atoms with E-state index in [-0.39, 0.29) is 5.78 Å². The first-order chi connectivity index (χ1) is 8.61. The first kappa shape index (κ1) is 12.6. The smallest absolute Gasteiger partial charge is 0.196 e. The van der Waals surface area contributed by atoms with E-state index in [2.05, 4.69) is 6.92 Å². The van der Waals surface area contributed by atoms with Gasteiger partial charge >= 0.3 is 0 Å². The quantitative estimate of drug-likeness (QED) is 0.756. The van der Waals surface area contributed by atoms with Crippen molar-refractivity contribution in [2.45, 2.75) is 33.6 Å². The maximum absolute atomic E-state index is 12.3. The van der Waals surface area contributed by atoms with Crippen LogP contribution in [0.2, 0.25) is 0 Å². The Kier molecular flexibility index (Phi) is 3.66. The first-order valence-corrected chi connectivity index (χ1v) is 6.32. The van der Waals surface area contributed by atoms with Crippen molar-refractivity contribution >= 4 is 5.78 Å². The van der Waals surface area contributed by atoms with Crippen LogP contribution >= 0.6 is 0 Å². The average molecular weight is 242 g/mol. The molecule has 1 aromatic heterocycles. The topological polar surface area (TPSA) is 30.2 Å². The van der Waals surface area contributed by atoms with Gasteiger partial charge in [0.25, 0.3) is 0 Å². The molecule has 2 nitrogen and oxygen atoms in total. The van der Waals surface area contributed by atoms with E-state index in [0.717, 1.165) is 24.2 Å². The lowest BCUT2D eigenvalue weighted by molar-refractivity contribution is 0.103. The molecule has 1 heterocycles. The van der Waals surface area contributed by atoms with Gasteiger partial charge in [0, 0.05) is 5.56 Å². The maximum atomic E-state index is 12.3. The van der Waals surface area contributed by atoms with Crippen molar-refractivity contribution in [3.8, 4) is 0 Å². The predicted octanol–water partition coefficient (Wildman–Crippen LogP) is 4.08. The summed E-state index contributed by atoms with van der Waals surface area (Å²) in [5.74, 6) is 1.50. The Morgan fingerprint density at radius 2 is 1.83 bits per heavy atom. The molecule has 0 radical (unpaired) electrons. The summed E-state index contributed by atoms with van der Waals surface area (Å²) in [7, 11) is 0. The number of benzene rings is 1. The third kappa shape index (κ3) is 2.53. The van der Waals surface area contributed by atoms with Crippen molar-refractivity contribution in [2.75, 3.05) is 0 Å². The number of hydrogen-bond acceptors (Lipinski definition) is 2. The van der Waals surface area contributed by atoms with Gasteiger partial charge in [0.15, 0.2) is 5.78 Å². The first-order valence-electron chi connectivity index (χ1n) is 6.32. The summed E-state index contributed by atoms with van der Waals surface area (Å²) in [6.07, 6.45) is 2.17. The third-order valence-corrected chi connectivity index (χ3v) is 3.04. The van der Waals surface area contributed by atoms with Crippen LogP contribution in [0.5, 0.6) is 0 Å². The molecule has 0 saturated heterocycles. The largest absolute Gasteiger partial charge is 0.466 e. The highest BCUT2D eigenvalue weighted by Crippen LogP contribution is 2.18. The number of hydrogen-bond donors (Lipinski definition) is 0. The number of carbonyl (C=O) groups excluding carboxylic acids is 1. The van der Waals surface area contributed by atoms with Crippen LogP contribution in [-0.2, 0) is 6.42 Å². The van der Waals surface area contributed by atoms with Crippen LogP contribution in [0.1, 0.15) is 46.3 Å². The van der Waals surface area contributed by atoms with Gasteiger partial charge in [-0.25, -0.2) is 0 Å². The molecule has 0 unspecified atom stereocenters. The summed E-state index contributed by atoms with van der Waals surface area (Å²) in [4.78, 5) is 12.3. The Labute approximate surface area is 108 Å². The van der Waals surface area contributed by atoms with Crippen LogP contribution in [0.4, 0.5) is 0 Å². The Morgan fingerprint density at radius 3 is 2.33 bits per heavy atom. The normalized spacial score (nSPS) is 10.6. The molecule has 0 spiro atoms. The number of aryl methyl sites for hydroxylation is 3. The van der Waals surface area contributed by atoms with Gasteiger partial charge in [0.05, 0.1) is 5.56 Å². The van der Waals surface area contributed by atoms with Crippen molar-refractivity contribution in [2.24, 2.45) is 0 Å². The molecule has 0 N–H and O–H groups in total.